The normalized spacial score (nSPS) is 12.3. The van der Waals surface area contributed by atoms with Crippen molar-refractivity contribution >= 4 is 23.6 Å². The second-order valence-corrected chi connectivity index (χ2v) is 7.12. The van der Waals surface area contributed by atoms with Gasteiger partial charge in [0.2, 0.25) is 0 Å². The summed E-state index contributed by atoms with van der Waals surface area (Å²) in [5.41, 5.74) is 5.48. The van der Waals surface area contributed by atoms with Gasteiger partial charge in [0.1, 0.15) is 24.0 Å². The van der Waals surface area contributed by atoms with Gasteiger partial charge in [0.25, 0.3) is 11.8 Å². The van der Waals surface area contributed by atoms with Crippen LogP contribution < -0.4 is 20.3 Å². The Balaban J connectivity index is 1.47. The number of nitrogens with one attached hydrogen (secondary N) is 2. The van der Waals surface area contributed by atoms with Crippen LogP contribution in [0.1, 0.15) is 26.5 Å². The molecule has 4 rings (SSSR count). The van der Waals surface area contributed by atoms with Crippen LogP contribution in [0.15, 0.2) is 63.2 Å². The number of ether oxygens (including phenoxy) is 2. The molecular formula is C20H17N3O5S. The van der Waals surface area contributed by atoms with Crippen molar-refractivity contribution in [2.45, 2.75) is 16.8 Å². The van der Waals surface area contributed by atoms with Gasteiger partial charge in [-0.2, -0.15) is 0 Å². The monoisotopic (exact) mass is 411 g/mol. The van der Waals surface area contributed by atoms with E-state index < -0.39 is 11.8 Å². The minimum Gasteiger partial charge on any atom is -0.486 e. The third-order valence-corrected chi connectivity index (χ3v) is 5.15. The number of benzene rings is 1. The second kappa shape index (κ2) is 8.27. The summed E-state index contributed by atoms with van der Waals surface area (Å²) in [7, 11) is 0. The number of pyridine rings is 1. The third kappa shape index (κ3) is 4.19. The SMILES string of the molecule is Cc1occc1C(=O)NNC(=O)c1cccnc1Sc1ccc2c(c1)OCCO2. The quantitative estimate of drug-likeness (QED) is 0.636. The Hall–Kier alpha value is -3.46. The number of nitrogens with zero attached hydrogens (tertiary/aromatic N) is 1. The zero-order valence-electron chi connectivity index (χ0n) is 15.4. The molecule has 0 radical (unpaired) electrons. The van der Waals surface area contributed by atoms with Gasteiger partial charge < -0.3 is 13.9 Å². The van der Waals surface area contributed by atoms with Gasteiger partial charge in [-0.05, 0) is 43.3 Å². The highest BCUT2D eigenvalue weighted by Crippen LogP contribution is 2.37. The number of hydrogen-bond donors (Lipinski definition) is 2. The van der Waals surface area contributed by atoms with Crippen LogP contribution in [-0.4, -0.2) is 30.0 Å². The molecule has 1 aliphatic heterocycles. The molecular weight excluding hydrogens is 394 g/mol. The van der Waals surface area contributed by atoms with Gasteiger partial charge in [-0.1, -0.05) is 11.8 Å². The number of furan rings is 1. The number of amides is 2. The molecule has 2 amide bonds. The largest absolute Gasteiger partial charge is 0.486 e. The molecule has 8 nitrogen and oxygen atoms in total. The molecule has 3 heterocycles. The van der Waals surface area contributed by atoms with Crippen LogP contribution in [0.4, 0.5) is 0 Å². The summed E-state index contributed by atoms with van der Waals surface area (Å²) >= 11 is 1.31. The number of aromatic nitrogens is 1. The molecule has 9 heteroatoms. The fourth-order valence-electron chi connectivity index (χ4n) is 2.71. The number of hydrogen-bond acceptors (Lipinski definition) is 7. The summed E-state index contributed by atoms with van der Waals surface area (Å²) in [4.78, 5) is 29.9. The van der Waals surface area contributed by atoms with E-state index in [1.165, 1.54) is 24.1 Å². The first kappa shape index (κ1) is 18.9. The number of carbonyl (C=O) groups is 2. The number of carbonyl (C=O) groups excluding carboxylic acids is 2. The van der Waals surface area contributed by atoms with E-state index in [2.05, 4.69) is 15.8 Å². The van der Waals surface area contributed by atoms with E-state index in [4.69, 9.17) is 13.9 Å². The molecule has 0 bridgehead atoms. The lowest BCUT2D eigenvalue weighted by Gasteiger charge is -2.18. The average Bonchev–Trinajstić information content (AvgIpc) is 3.18. The minimum absolute atomic E-state index is 0.330. The number of rotatable bonds is 4. The van der Waals surface area contributed by atoms with Crippen molar-refractivity contribution in [1.29, 1.82) is 0 Å². The molecule has 0 saturated carbocycles. The van der Waals surface area contributed by atoms with Crippen LogP contribution >= 0.6 is 11.8 Å². The number of fused-ring (bicyclic) bond motifs is 1. The van der Waals surface area contributed by atoms with Crippen molar-refractivity contribution in [2.24, 2.45) is 0 Å². The van der Waals surface area contributed by atoms with Crippen LogP contribution in [0.5, 0.6) is 11.5 Å². The predicted molar refractivity (Wildman–Crippen MR) is 104 cm³/mol. The third-order valence-electron chi connectivity index (χ3n) is 4.14. The molecule has 3 aromatic rings. The maximum atomic E-state index is 12.6. The van der Waals surface area contributed by atoms with E-state index in [9.17, 15) is 9.59 Å². The zero-order chi connectivity index (χ0) is 20.2. The van der Waals surface area contributed by atoms with E-state index in [1.54, 1.807) is 25.3 Å². The van der Waals surface area contributed by atoms with E-state index in [1.807, 2.05) is 18.2 Å². The van der Waals surface area contributed by atoms with Gasteiger partial charge in [-0.25, -0.2) is 4.98 Å². The van der Waals surface area contributed by atoms with Crippen molar-refractivity contribution < 1.29 is 23.5 Å². The Morgan fingerprint density at radius 1 is 1.00 bits per heavy atom. The van der Waals surface area contributed by atoms with Crippen LogP contribution in [0, 0.1) is 6.92 Å². The summed E-state index contributed by atoms with van der Waals surface area (Å²) < 4.78 is 16.2. The fraction of sp³-hybridized carbons (Fsp3) is 0.150. The molecule has 148 valence electrons. The van der Waals surface area contributed by atoms with E-state index >= 15 is 0 Å². The van der Waals surface area contributed by atoms with Gasteiger partial charge in [0.05, 0.1) is 17.4 Å². The predicted octanol–water partition coefficient (Wildman–Crippen LogP) is 2.98. The average molecular weight is 411 g/mol. The lowest BCUT2D eigenvalue weighted by atomic mass is 10.2. The second-order valence-electron chi connectivity index (χ2n) is 6.06. The van der Waals surface area contributed by atoms with E-state index in [0.29, 0.717) is 46.6 Å². The van der Waals surface area contributed by atoms with Gasteiger partial charge in [-0.3, -0.25) is 20.4 Å². The van der Waals surface area contributed by atoms with E-state index in [-0.39, 0.29) is 0 Å². The number of aryl methyl sites for hydroxylation is 1. The molecule has 0 aliphatic carbocycles. The van der Waals surface area contributed by atoms with Gasteiger partial charge in [0.15, 0.2) is 11.5 Å². The van der Waals surface area contributed by atoms with Gasteiger partial charge >= 0.3 is 0 Å². The Bertz CT molecular complexity index is 1070. The van der Waals surface area contributed by atoms with Crippen molar-refractivity contribution in [1.82, 2.24) is 15.8 Å². The fourth-order valence-corrected chi connectivity index (χ4v) is 3.62. The van der Waals surface area contributed by atoms with Crippen LogP contribution in [0.25, 0.3) is 0 Å². The van der Waals surface area contributed by atoms with Crippen molar-refractivity contribution in [3.63, 3.8) is 0 Å². The lowest BCUT2D eigenvalue weighted by molar-refractivity contribution is 0.0843. The molecule has 29 heavy (non-hydrogen) atoms. The summed E-state index contributed by atoms with van der Waals surface area (Å²) in [6.45, 7) is 2.68. The molecule has 0 unspecified atom stereocenters. The first-order valence-electron chi connectivity index (χ1n) is 8.79. The summed E-state index contributed by atoms with van der Waals surface area (Å²) in [5.74, 6) is 0.873. The Kier molecular flexibility index (Phi) is 5.39. The summed E-state index contributed by atoms with van der Waals surface area (Å²) in [6.07, 6.45) is 3.01. The Morgan fingerprint density at radius 3 is 2.52 bits per heavy atom. The molecule has 2 N–H and O–H groups in total. The smallest absolute Gasteiger partial charge is 0.273 e. The van der Waals surface area contributed by atoms with Crippen LogP contribution in [-0.2, 0) is 0 Å². The first-order valence-corrected chi connectivity index (χ1v) is 9.61. The summed E-state index contributed by atoms with van der Waals surface area (Å²) in [5, 5.41) is 0.496. The minimum atomic E-state index is -0.479. The highest BCUT2D eigenvalue weighted by molar-refractivity contribution is 7.99. The molecule has 0 fully saturated rings. The standard InChI is InChI=1S/C20H17N3O5S/c1-12-14(6-8-26-12)18(24)22-23-19(25)15-3-2-7-21-20(15)29-13-4-5-16-17(11-13)28-10-9-27-16/h2-8,11H,9-10H2,1H3,(H,22,24)(H,23,25). The lowest BCUT2D eigenvalue weighted by Crippen LogP contribution is -2.41. The summed E-state index contributed by atoms with van der Waals surface area (Å²) in [6, 6.07) is 10.4. The van der Waals surface area contributed by atoms with Gasteiger partial charge in [-0.15, -0.1) is 0 Å². The van der Waals surface area contributed by atoms with E-state index in [0.717, 1.165) is 4.90 Å². The molecule has 1 aliphatic rings. The highest BCUT2D eigenvalue weighted by Gasteiger charge is 2.18. The van der Waals surface area contributed by atoms with Crippen molar-refractivity contribution in [3.8, 4) is 11.5 Å². The maximum absolute atomic E-state index is 12.6. The Morgan fingerprint density at radius 2 is 1.76 bits per heavy atom. The topological polar surface area (TPSA) is 103 Å². The molecule has 0 atom stereocenters. The van der Waals surface area contributed by atoms with Crippen molar-refractivity contribution in [2.75, 3.05) is 13.2 Å². The maximum Gasteiger partial charge on any atom is 0.273 e. The Labute approximate surface area is 170 Å². The van der Waals surface area contributed by atoms with Crippen molar-refractivity contribution in [3.05, 3.63) is 65.7 Å². The molecule has 2 aromatic heterocycles. The first-order chi connectivity index (χ1) is 14.1. The van der Waals surface area contributed by atoms with Crippen LogP contribution in [0.2, 0.25) is 0 Å². The molecule has 0 spiro atoms. The molecule has 1 aromatic carbocycles. The van der Waals surface area contributed by atoms with Crippen LogP contribution in [0.3, 0.4) is 0 Å². The number of hydrazine groups is 1. The highest BCUT2D eigenvalue weighted by atomic mass is 32.2. The zero-order valence-corrected chi connectivity index (χ0v) is 16.2. The molecule has 0 saturated heterocycles. The van der Waals surface area contributed by atoms with Gasteiger partial charge in [0, 0.05) is 11.1 Å².